The summed E-state index contributed by atoms with van der Waals surface area (Å²) >= 11 is 1.87. The maximum Gasteiger partial charge on any atom is 0.253 e. The third kappa shape index (κ3) is 5.66. The number of amides is 1. The molecule has 0 N–H and O–H groups in total. The van der Waals surface area contributed by atoms with E-state index >= 15 is 0 Å². The van der Waals surface area contributed by atoms with Gasteiger partial charge in [0.25, 0.3) is 5.91 Å². The van der Waals surface area contributed by atoms with Crippen molar-refractivity contribution in [3.8, 4) is 5.75 Å². The van der Waals surface area contributed by atoms with Gasteiger partial charge in [0, 0.05) is 29.0 Å². The van der Waals surface area contributed by atoms with Gasteiger partial charge in [-0.1, -0.05) is 6.07 Å². The van der Waals surface area contributed by atoms with Gasteiger partial charge in [0.1, 0.15) is 11.6 Å². The SMILES string of the molecule is CN(CCCOc1cccc(S(C)(=O)=O)c1)C(=O)c1ccc(I)c(F)c1. The van der Waals surface area contributed by atoms with Crippen molar-refractivity contribution in [3.63, 3.8) is 0 Å². The van der Waals surface area contributed by atoms with Gasteiger partial charge in [-0.2, -0.15) is 0 Å². The van der Waals surface area contributed by atoms with E-state index in [-0.39, 0.29) is 10.8 Å². The van der Waals surface area contributed by atoms with Crippen LogP contribution in [-0.4, -0.2) is 45.7 Å². The first-order chi connectivity index (χ1) is 12.2. The molecule has 2 rings (SSSR count). The highest BCUT2D eigenvalue weighted by atomic mass is 127. The maximum absolute atomic E-state index is 13.6. The maximum atomic E-state index is 13.6. The smallest absolute Gasteiger partial charge is 0.253 e. The van der Waals surface area contributed by atoms with Crippen LogP contribution in [0.3, 0.4) is 0 Å². The molecule has 0 bridgehead atoms. The molecule has 0 aromatic heterocycles. The average Bonchev–Trinajstić information content (AvgIpc) is 2.60. The van der Waals surface area contributed by atoms with E-state index in [0.717, 1.165) is 6.26 Å². The van der Waals surface area contributed by atoms with Gasteiger partial charge >= 0.3 is 0 Å². The normalized spacial score (nSPS) is 11.2. The number of ether oxygens (including phenoxy) is 1. The molecule has 0 spiro atoms. The Balaban J connectivity index is 1.86. The lowest BCUT2D eigenvalue weighted by Crippen LogP contribution is -2.28. The lowest BCUT2D eigenvalue weighted by Gasteiger charge is -2.17. The van der Waals surface area contributed by atoms with E-state index in [9.17, 15) is 17.6 Å². The molecule has 0 fully saturated rings. The van der Waals surface area contributed by atoms with Crippen molar-refractivity contribution in [2.45, 2.75) is 11.3 Å². The zero-order valence-corrected chi connectivity index (χ0v) is 17.4. The van der Waals surface area contributed by atoms with E-state index in [0.29, 0.717) is 34.5 Å². The van der Waals surface area contributed by atoms with E-state index < -0.39 is 15.7 Å². The fraction of sp³-hybridized carbons (Fsp3) is 0.278. The second-order valence-electron chi connectivity index (χ2n) is 5.80. The van der Waals surface area contributed by atoms with Crippen molar-refractivity contribution >= 4 is 38.3 Å². The molecule has 140 valence electrons. The van der Waals surface area contributed by atoms with Crippen molar-refractivity contribution in [2.24, 2.45) is 0 Å². The summed E-state index contributed by atoms with van der Waals surface area (Å²) in [7, 11) is -1.64. The van der Waals surface area contributed by atoms with Crippen molar-refractivity contribution in [1.82, 2.24) is 4.90 Å². The topological polar surface area (TPSA) is 63.7 Å². The molecular weight excluding hydrogens is 472 g/mol. The quantitative estimate of drug-likeness (QED) is 0.440. The van der Waals surface area contributed by atoms with Crippen molar-refractivity contribution < 1.29 is 22.3 Å². The number of hydrogen-bond donors (Lipinski definition) is 0. The lowest BCUT2D eigenvalue weighted by atomic mass is 10.2. The van der Waals surface area contributed by atoms with Gasteiger partial charge in [-0.25, -0.2) is 12.8 Å². The fourth-order valence-corrected chi connectivity index (χ4v) is 3.23. The Labute approximate surface area is 166 Å². The van der Waals surface area contributed by atoms with Crippen LogP contribution in [0, 0.1) is 9.39 Å². The van der Waals surface area contributed by atoms with Crippen LogP contribution >= 0.6 is 22.6 Å². The van der Waals surface area contributed by atoms with Crippen LogP contribution in [0.4, 0.5) is 4.39 Å². The van der Waals surface area contributed by atoms with E-state index in [1.165, 1.54) is 23.1 Å². The first kappa shape index (κ1) is 20.6. The Morgan fingerprint density at radius 2 is 1.96 bits per heavy atom. The molecule has 8 heteroatoms. The zero-order chi connectivity index (χ0) is 19.3. The molecule has 26 heavy (non-hydrogen) atoms. The number of carbonyl (C=O) groups is 1. The minimum absolute atomic E-state index is 0.197. The number of halogens is 2. The summed E-state index contributed by atoms with van der Waals surface area (Å²) in [4.78, 5) is 14.0. The zero-order valence-electron chi connectivity index (χ0n) is 14.4. The van der Waals surface area contributed by atoms with Crippen molar-refractivity contribution in [3.05, 3.63) is 57.4 Å². The highest BCUT2D eigenvalue weighted by Gasteiger charge is 2.13. The Morgan fingerprint density at radius 1 is 1.23 bits per heavy atom. The fourth-order valence-electron chi connectivity index (χ4n) is 2.24. The van der Waals surface area contributed by atoms with Gasteiger partial charge in [-0.15, -0.1) is 0 Å². The van der Waals surface area contributed by atoms with Gasteiger partial charge in [-0.3, -0.25) is 4.79 Å². The Bertz CT molecular complexity index is 902. The average molecular weight is 491 g/mol. The monoisotopic (exact) mass is 491 g/mol. The van der Waals surface area contributed by atoms with Gasteiger partial charge < -0.3 is 9.64 Å². The van der Waals surface area contributed by atoms with E-state index in [1.807, 2.05) is 22.6 Å². The van der Waals surface area contributed by atoms with E-state index in [4.69, 9.17) is 4.74 Å². The molecule has 0 heterocycles. The molecule has 0 aliphatic carbocycles. The summed E-state index contributed by atoms with van der Waals surface area (Å²) in [5, 5.41) is 0. The van der Waals surface area contributed by atoms with E-state index in [1.54, 1.807) is 31.3 Å². The largest absolute Gasteiger partial charge is 0.493 e. The molecule has 0 saturated carbocycles. The van der Waals surface area contributed by atoms with Crippen LogP contribution in [0.2, 0.25) is 0 Å². The van der Waals surface area contributed by atoms with Crippen LogP contribution in [-0.2, 0) is 9.84 Å². The Morgan fingerprint density at radius 3 is 2.62 bits per heavy atom. The lowest BCUT2D eigenvalue weighted by molar-refractivity contribution is 0.0787. The number of hydrogen-bond acceptors (Lipinski definition) is 4. The number of nitrogens with zero attached hydrogens (tertiary/aromatic N) is 1. The molecule has 0 radical (unpaired) electrons. The molecule has 5 nitrogen and oxygen atoms in total. The number of benzene rings is 2. The highest BCUT2D eigenvalue weighted by Crippen LogP contribution is 2.18. The van der Waals surface area contributed by atoms with Crippen LogP contribution in [0.5, 0.6) is 5.75 Å². The Kier molecular flexibility index (Phi) is 6.99. The second kappa shape index (κ2) is 8.81. The van der Waals surface area contributed by atoms with Crippen molar-refractivity contribution in [1.29, 1.82) is 0 Å². The van der Waals surface area contributed by atoms with Gasteiger partial charge in [0.05, 0.1) is 11.5 Å². The van der Waals surface area contributed by atoms with Crippen LogP contribution in [0.15, 0.2) is 47.4 Å². The molecule has 0 aliphatic rings. The standard InChI is InChI=1S/C18H19FINO4S/c1-21(18(22)13-7-8-17(20)16(19)11-13)9-4-10-25-14-5-3-6-15(12-14)26(2,23)24/h3,5-8,11-12H,4,9-10H2,1-2H3. The molecule has 0 saturated heterocycles. The number of rotatable bonds is 7. The minimum atomic E-state index is -3.28. The first-order valence-corrected chi connectivity index (χ1v) is 10.8. The number of sulfone groups is 1. The van der Waals surface area contributed by atoms with Gasteiger partial charge in [0.15, 0.2) is 9.84 Å². The van der Waals surface area contributed by atoms with Crippen molar-refractivity contribution in [2.75, 3.05) is 26.5 Å². The number of carbonyl (C=O) groups excluding carboxylic acids is 1. The molecule has 0 unspecified atom stereocenters. The molecule has 2 aromatic carbocycles. The predicted octanol–water partition coefficient (Wildman–Crippen LogP) is 3.37. The first-order valence-electron chi connectivity index (χ1n) is 7.82. The third-order valence-corrected chi connectivity index (χ3v) is 5.64. The van der Waals surface area contributed by atoms with Gasteiger partial charge in [-0.05, 0) is 65.4 Å². The third-order valence-electron chi connectivity index (χ3n) is 3.65. The summed E-state index contributed by atoms with van der Waals surface area (Å²) in [6.45, 7) is 0.754. The molecule has 0 atom stereocenters. The minimum Gasteiger partial charge on any atom is -0.493 e. The molecule has 1 amide bonds. The molecule has 0 aliphatic heterocycles. The summed E-state index contributed by atoms with van der Waals surface area (Å²) in [6.07, 6.45) is 1.69. The van der Waals surface area contributed by atoms with E-state index in [2.05, 4.69) is 0 Å². The molecule has 2 aromatic rings. The van der Waals surface area contributed by atoms with Gasteiger partial charge in [0.2, 0.25) is 0 Å². The summed E-state index contributed by atoms with van der Waals surface area (Å²) in [6, 6.07) is 10.7. The molecular formula is C18H19FINO4S. The summed E-state index contributed by atoms with van der Waals surface area (Å²) in [5.74, 6) is -0.222. The summed E-state index contributed by atoms with van der Waals surface area (Å²) < 4.78 is 42.7. The van der Waals surface area contributed by atoms with Crippen LogP contribution in [0.25, 0.3) is 0 Å². The van der Waals surface area contributed by atoms with Crippen LogP contribution < -0.4 is 4.74 Å². The van der Waals surface area contributed by atoms with Crippen LogP contribution in [0.1, 0.15) is 16.8 Å². The summed E-state index contributed by atoms with van der Waals surface area (Å²) in [5.41, 5.74) is 0.298. The Hall–Kier alpha value is -1.68. The highest BCUT2D eigenvalue weighted by molar-refractivity contribution is 14.1. The predicted molar refractivity (Wildman–Crippen MR) is 106 cm³/mol. The second-order valence-corrected chi connectivity index (χ2v) is 8.98.